The summed E-state index contributed by atoms with van der Waals surface area (Å²) < 4.78 is 36.6. The first-order valence-corrected chi connectivity index (χ1v) is 16.4. The van der Waals surface area contributed by atoms with Gasteiger partial charge in [-0.05, 0) is 37.5 Å². The second-order valence-electron chi connectivity index (χ2n) is 11.0. The molecule has 5 atom stereocenters. The number of nitrogens with zero attached hydrogens (tertiary/aromatic N) is 1. The predicted molar refractivity (Wildman–Crippen MR) is 163 cm³/mol. The molecular formula is C32H49NO8S. The van der Waals surface area contributed by atoms with E-state index in [-0.39, 0.29) is 13.2 Å². The van der Waals surface area contributed by atoms with E-state index in [4.69, 9.17) is 28.4 Å². The number of methoxy groups -OCH3 is 1. The highest BCUT2D eigenvalue weighted by Crippen LogP contribution is 2.32. The SMILES string of the molecule is CO[C@H]1O[C@H](COCc2ccccc2)[C@@H](O)[C@H](O)[C@H]1OCCOCCOCCSCc1ccc(C)n1C1CCCCC1. The molecule has 236 valence electrons. The van der Waals surface area contributed by atoms with Crippen LogP contribution in [0.15, 0.2) is 42.5 Å². The van der Waals surface area contributed by atoms with E-state index in [1.54, 1.807) is 0 Å². The Morgan fingerprint density at radius 3 is 2.38 bits per heavy atom. The normalized spacial score (nSPS) is 25.2. The average Bonchev–Trinajstić information content (AvgIpc) is 3.39. The second-order valence-corrected chi connectivity index (χ2v) is 12.1. The van der Waals surface area contributed by atoms with Crippen LogP contribution in [0, 0.1) is 6.92 Å². The quantitative estimate of drug-likeness (QED) is 0.241. The van der Waals surface area contributed by atoms with Crippen molar-refractivity contribution in [3.63, 3.8) is 0 Å². The van der Waals surface area contributed by atoms with Crippen molar-refractivity contribution in [3.05, 3.63) is 59.4 Å². The van der Waals surface area contributed by atoms with E-state index in [0.29, 0.717) is 39.1 Å². The Morgan fingerprint density at radius 1 is 0.881 bits per heavy atom. The maximum absolute atomic E-state index is 10.7. The van der Waals surface area contributed by atoms with Crippen molar-refractivity contribution in [2.75, 3.05) is 52.5 Å². The average molecular weight is 608 g/mol. The number of ether oxygens (including phenoxy) is 6. The van der Waals surface area contributed by atoms with E-state index in [1.807, 2.05) is 42.1 Å². The molecule has 2 fully saturated rings. The molecule has 1 saturated carbocycles. The summed E-state index contributed by atoms with van der Waals surface area (Å²) in [4.78, 5) is 0. The summed E-state index contributed by atoms with van der Waals surface area (Å²) in [6, 6.07) is 14.9. The summed E-state index contributed by atoms with van der Waals surface area (Å²) in [5.74, 6) is 1.95. The summed E-state index contributed by atoms with van der Waals surface area (Å²) in [5, 5.41) is 21.2. The van der Waals surface area contributed by atoms with Crippen LogP contribution in [0.25, 0.3) is 0 Å². The minimum Gasteiger partial charge on any atom is -0.387 e. The van der Waals surface area contributed by atoms with E-state index in [9.17, 15) is 10.2 Å². The van der Waals surface area contributed by atoms with Crippen LogP contribution in [0.4, 0.5) is 0 Å². The Labute approximate surface area is 254 Å². The first-order chi connectivity index (χ1) is 20.6. The lowest BCUT2D eigenvalue weighted by Gasteiger charge is -2.41. The summed E-state index contributed by atoms with van der Waals surface area (Å²) >= 11 is 1.91. The van der Waals surface area contributed by atoms with E-state index in [1.165, 1.54) is 50.6 Å². The van der Waals surface area contributed by atoms with Crippen LogP contribution in [-0.2, 0) is 40.8 Å². The molecule has 2 heterocycles. The lowest BCUT2D eigenvalue weighted by Crippen LogP contribution is -2.60. The third kappa shape index (κ3) is 10.0. The molecule has 9 nitrogen and oxygen atoms in total. The van der Waals surface area contributed by atoms with Gasteiger partial charge in [-0.2, -0.15) is 11.8 Å². The summed E-state index contributed by atoms with van der Waals surface area (Å²) in [5.41, 5.74) is 3.82. The van der Waals surface area contributed by atoms with Gasteiger partial charge < -0.3 is 43.2 Å². The maximum atomic E-state index is 10.7. The number of aliphatic hydroxyl groups excluding tert-OH is 2. The minimum atomic E-state index is -1.18. The number of benzene rings is 1. The highest BCUT2D eigenvalue weighted by Gasteiger charge is 2.45. The molecule has 1 saturated heterocycles. The zero-order valence-corrected chi connectivity index (χ0v) is 25.9. The maximum Gasteiger partial charge on any atom is 0.186 e. The van der Waals surface area contributed by atoms with Crippen molar-refractivity contribution in [2.45, 2.75) is 88.1 Å². The van der Waals surface area contributed by atoms with Gasteiger partial charge in [-0.3, -0.25) is 0 Å². The van der Waals surface area contributed by atoms with Crippen molar-refractivity contribution in [2.24, 2.45) is 0 Å². The number of hydrogen-bond acceptors (Lipinski definition) is 9. The van der Waals surface area contributed by atoms with Gasteiger partial charge in [-0.1, -0.05) is 49.6 Å². The third-order valence-electron chi connectivity index (χ3n) is 7.95. The van der Waals surface area contributed by atoms with Gasteiger partial charge in [0, 0.05) is 36.0 Å². The van der Waals surface area contributed by atoms with Gasteiger partial charge in [0.05, 0.1) is 46.2 Å². The smallest absolute Gasteiger partial charge is 0.186 e. The van der Waals surface area contributed by atoms with Crippen molar-refractivity contribution in [3.8, 4) is 0 Å². The zero-order valence-electron chi connectivity index (χ0n) is 25.1. The molecule has 2 N–H and O–H groups in total. The molecule has 0 unspecified atom stereocenters. The number of aryl methyl sites for hydroxylation is 1. The van der Waals surface area contributed by atoms with Crippen molar-refractivity contribution in [1.82, 2.24) is 4.57 Å². The third-order valence-corrected chi connectivity index (χ3v) is 8.90. The summed E-state index contributed by atoms with van der Waals surface area (Å²) in [6.45, 7) is 4.93. The van der Waals surface area contributed by atoms with Crippen molar-refractivity contribution in [1.29, 1.82) is 0 Å². The standard InChI is InChI=1S/C32H49NO8S/c1-24-13-14-27(33(24)26-11-7-4-8-12-26)23-42-20-19-38-16-15-37-17-18-40-31-30(35)29(34)28(41-32(31)36-2)22-39-21-25-9-5-3-6-10-25/h3,5-6,9-10,13-14,26,28-32,34-35H,4,7-8,11-12,15-23H2,1-2H3/t28-,29-,30+,31-,32+/m1/s1. The molecule has 0 spiro atoms. The minimum absolute atomic E-state index is 0.120. The molecule has 0 bridgehead atoms. The fourth-order valence-electron chi connectivity index (χ4n) is 5.72. The fraction of sp³-hybridized carbons (Fsp3) is 0.688. The molecule has 42 heavy (non-hydrogen) atoms. The monoisotopic (exact) mass is 607 g/mol. The highest BCUT2D eigenvalue weighted by molar-refractivity contribution is 7.98. The van der Waals surface area contributed by atoms with Gasteiger partial charge in [0.25, 0.3) is 0 Å². The highest BCUT2D eigenvalue weighted by atomic mass is 32.2. The number of thioether (sulfide) groups is 1. The largest absolute Gasteiger partial charge is 0.387 e. The van der Waals surface area contributed by atoms with Gasteiger partial charge in [-0.25, -0.2) is 0 Å². The molecule has 1 aliphatic heterocycles. The number of aliphatic hydroxyl groups is 2. The zero-order chi connectivity index (χ0) is 29.6. The Balaban J connectivity index is 1.03. The molecule has 0 amide bonds. The van der Waals surface area contributed by atoms with Crippen LogP contribution in [-0.4, -0.2) is 98.0 Å². The van der Waals surface area contributed by atoms with E-state index in [2.05, 4.69) is 23.6 Å². The lowest BCUT2D eigenvalue weighted by atomic mass is 9.95. The number of hydrogen-bond donors (Lipinski definition) is 2. The topological polar surface area (TPSA) is 101 Å². The molecule has 1 aromatic heterocycles. The van der Waals surface area contributed by atoms with Crippen LogP contribution >= 0.6 is 11.8 Å². The summed E-state index contributed by atoms with van der Waals surface area (Å²) in [7, 11) is 1.48. The fourth-order valence-corrected chi connectivity index (χ4v) is 6.54. The van der Waals surface area contributed by atoms with Crippen LogP contribution in [0.5, 0.6) is 0 Å². The second kappa shape index (κ2) is 18.4. The molecule has 0 radical (unpaired) electrons. The van der Waals surface area contributed by atoms with E-state index in [0.717, 1.165) is 17.1 Å². The van der Waals surface area contributed by atoms with Crippen molar-refractivity contribution < 1.29 is 38.6 Å². The molecule has 2 aliphatic rings. The molecular weight excluding hydrogens is 558 g/mol. The van der Waals surface area contributed by atoms with Crippen molar-refractivity contribution >= 4 is 11.8 Å². The Morgan fingerprint density at radius 2 is 1.62 bits per heavy atom. The summed E-state index contributed by atoms with van der Waals surface area (Å²) in [6.07, 6.45) is 1.93. The van der Waals surface area contributed by atoms with E-state index < -0.39 is 30.7 Å². The Kier molecular flexibility index (Phi) is 14.6. The molecule has 1 aromatic carbocycles. The predicted octanol–water partition coefficient (Wildman–Crippen LogP) is 4.26. The molecule has 10 heteroatoms. The van der Waals surface area contributed by atoms with Crippen LogP contribution in [0.2, 0.25) is 0 Å². The Bertz CT molecular complexity index is 1000. The Hall–Kier alpha value is -1.47. The first-order valence-electron chi connectivity index (χ1n) is 15.3. The number of rotatable bonds is 18. The van der Waals surface area contributed by atoms with Gasteiger partial charge in [0.1, 0.15) is 24.4 Å². The van der Waals surface area contributed by atoms with E-state index >= 15 is 0 Å². The van der Waals surface area contributed by atoms with Gasteiger partial charge in [0.15, 0.2) is 6.29 Å². The number of aromatic nitrogens is 1. The van der Waals surface area contributed by atoms with Crippen LogP contribution in [0.1, 0.15) is 55.1 Å². The molecule has 1 aliphatic carbocycles. The van der Waals surface area contributed by atoms with Gasteiger partial charge >= 0.3 is 0 Å². The lowest BCUT2D eigenvalue weighted by molar-refractivity contribution is -0.306. The first kappa shape index (κ1) is 33.4. The van der Waals surface area contributed by atoms with Crippen LogP contribution < -0.4 is 0 Å². The van der Waals surface area contributed by atoms with Crippen LogP contribution in [0.3, 0.4) is 0 Å². The molecule has 2 aromatic rings. The van der Waals surface area contributed by atoms with Gasteiger partial charge in [-0.15, -0.1) is 0 Å². The van der Waals surface area contributed by atoms with Gasteiger partial charge in [0.2, 0.25) is 0 Å². The molecule has 4 rings (SSSR count).